The molecule has 7 heteroatoms. The van der Waals surface area contributed by atoms with Gasteiger partial charge in [-0.2, -0.15) is 10.1 Å². The lowest BCUT2D eigenvalue weighted by atomic mass is 9.75. The molecule has 1 aromatic carbocycles. The Hall–Kier alpha value is -2.15. The zero-order chi connectivity index (χ0) is 26.1. The summed E-state index contributed by atoms with van der Waals surface area (Å²) in [5.74, 6) is 0.538. The number of hydrogen-bond acceptors (Lipinski definition) is 5. The van der Waals surface area contributed by atoms with E-state index in [0.717, 1.165) is 24.8 Å². The molecule has 0 aromatic heterocycles. The number of amides is 1. The fraction of sp³-hybridized carbons (Fsp3) is 0.679. The van der Waals surface area contributed by atoms with Crippen LogP contribution in [0.25, 0.3) is 0 Å². The van der Waals surface area contributed by atoms with Gasteiger partial charge in [0.15, 0.2) is 5.71 Å². The van der Waals surface area contributed by atoms with E-state index in [-0.39, 0.29) is 17.7 Å². The van der Waals surface area contributed by atoms with Crippen molar-refractivity contribution in [1.82, 2.24) is 5.01 Å². The summed E-state index contributed by atoms with van der Waals surface area (Å²) < 4.78 is 12.0. The highest BCUT2D eigenvalue weighted by molar-refractivity contribution is 6.78. The second-order valence-electron chi connectivity index (χ2n) is 12.8. The predicted octanol–water partition coefficient (Wildman–Crippen LogP) is 6.63. The van der Waals surface area contributed by atoms with Crippen molar-refractivity contribution in [2.24, 2.45) is 22.9 Å². The first-order valence-corrected chi connectivity index (χ1v) is 16.6. The van der Waals surface area contributed by atoms with E-state index >= 15 is 0 Å². The predicted molar refractivity (Wildman–Crippen MR) is 143 cm³/mol. The molecule has 0 N–H and O–H groups in total. The van der Waals surface area contributed by atoms with E-state index in [1.54, 1.807) is 0 Å². The molecule has 1 saturated carbocycles. The summed E-state index contributed by atoms with van der Waals surface area (Å²) in [7, 11) is -2.05. The van der Waals surface area contributed by atoms with Gasteiger partial charge in [0.05, 0.1) is 19.7 Å². The Morgan fingerprint density at radius 1 is 1.09 bits per heavy atom. The maximum absolute atomic E-state index is 13.8. The highest BCUT2D eigenvalue weighted by atomic mass is 28.3. The monoisotopic (exact) mass is 500 g/mol. The van der Waals surface area contributed by atoms with Gasteiger partial charge in [-0.25, -0.2) is 9.59 Å². The number of ether oxygens (including phenoxy) is 2. The molecule has 0 radical (unpaired) electrons. The maximum Gasteiger partial charge on any atom is 0.430 e. The van der Waals surface area contributed by atoms with E-state index in [0.29, 0.717) is 23.5 Å². The van der Waals surface area contributed by atoms with E-state index in [4.69, 9.17) is 9.47 Å². The van der Waals surface area contributed by atoms with Crippen molar-refractivity contribution in [3.8, 4) is 0 Å². The normalized spacial score (nSPS) is 27.5. The van der Waals surface area contributed by atoms with Crippen LogP contribution in [-0.4, -0.2) is 48.2 Å². The van der Waals surface area contributed by atoms with Crippen molar-refractivity contribution >= 4 is 25.8 Å². The van der Waals surface area contributed by atoms with Gasteiger partial charge >= 0.3 is 12.1 Å². The molecule has 0 saturated heterocycles. The SMILES string of the molecule is CC(C)[C@@H]1CC[C@@H](C)C[C@H]1OC(=O)C1=NN(C(=O)OC(C)(C)C)[C@@H]([Si](C)(C)C)[C@@H]1c1ccccc1. The molecular formula is C28H44N2O4Si. The smallest absolute Gasteiger partial charge is 0.430 e. The van der Waals surface area contributed by atoms with E-state index in [2.05, 4.69) is 45.5 Å². The lowest BCUT2D eigenvalue weighted by molar-refractivity contribution is -0.147. The molecule has 1 heterocycles. The molecule has 5 atom stereocenters. The van der Waals surface area contributed by atoms with Gasteiger partial charge in [-0.05, 0) is 56.9 Å². The minimum absolute atomic E-state index is 0.133. The summed E-state index contributed by atoms with van der Waals surface area (Å²) >= 11 is 0. The molecule has 0 spiro atoms. The molecule has 1 fully saturated rings. The van der Waals surface area contributed by atoms with E-state index in [9.17, 15) is 9.59 Å². The summed E-state index contributed by atoms with van der Waals surface area (Å²) in [6.07, 6.45) is 2.44. The first kappa shape index (κ1) is 27.4. The molecule has 1 amide bonds. The zero-order valence-corrected chi connectivity index (χ0v) is 24.0. The maximum atomic E-state index is 13.8. The number of carbonyl (C=O) groups excluding carboxylic acids is 2. The van der Waals surface area contributed by atoms with Gasteiger partial charge in [0.1, 0.15) is 11.7 Å². The number of nitrogens with zero attached hydrogens (tertiary/aromatic N) is 2. The van der Waals surface area contributed by atoms with Crippen LogP contribution in [0.2, 0.25) is 19.6 Å². The standard InChI is InChI=1S/C28H44N2O4Si/c1-18(2)21-16-15-19(3)17-22(21)33-26(31)24-23(20-13-11-10-12-14-20)25(35(7,8)9)30(29-24)27(32)34-28(4,5)6/h10-14,18-19,21-23,25H,15-17H2,1-9H3/t19-,21+,22-,23-,25+/m1/s1. The molecule has 1 aromatic rings. The molecule has 1 aliphatic heterocycles. The highest BCUT2D eigenvalue weighted by Crippen LogP contribution is 2.40. The van der Waals surface area contributed by atoms with Crippen molar-refractivity contribution in [1.29, 1.82) is 0 Å². The third-order valence-electron chi connectivity index (χ3n) is 7.14. The molecule has 3 rings (SSSR count). The second-order valence-corrected chi connectivity index (χ2v) is 18.1. The minimum atomic E-state index is -2.05. The number of hydrogen-bond donors (Lipinski definition) is 0. The summed E-state index contributed by atoms with van der Waals surface area (Å²) in [6.45, 7) is 18.8. The number of rotatable bonds is 5. The van der Waals surface area contributed by atoms with Gasteiger partial charge in [-0.15, -0.1) is 0 Å². The average Bonchev–Trinajstić information content (AvgIpc) is 3.15. The van der Waals surface area contributed by atoms with Crippen LogP contribution in [0.3, 0.4) is 0 Å². The minimum Gasteiger partial charge on any atom is -0.458 e. The van der Waals surface area contributed by atoms with Crippen LogP contribution in [0.4, 0.5) is 4.79 Å². The Morgan fingerprint density at radius 3 is 2.26 bits per heavy atom. The number of carbonyl (C=O) groups is 2. The van der Waals surface area contributed by atoms with Gasteiger partial charge < -0.3 is 9.47 Å². The van der Waals surface area contributed by atoms with Crippen LogP contribution in [0, 0.1) is 17.8 Å². The third kappa shape index (κ3) is 6.54. The van der Waals surface area contributed by atoms with Crippen LogP contribution >= 0.6 is 0 Å². The fourth-order valence-corrected chi connectivity index (χ4v) is 7.72. The molecule has 0 unspecified atom stereocenters. The molecule has 2 aliphatic rings. The second kappa shape index (κ2) is 10.5. The van der Waals surface area contributed by atoms with Gasteiger partial charge in [0, 0.05) is 0 Å². The molecule has 6 nitrogen and oxygen atoms in total. The third-order valence-corrected chi connectivity index (χ3v) is 9.50. The lowest BCUT2D eigenvalue weighted by Gasteiger charge is -2.37. The molecular weight excluding hydrogens is 456 g/mol. The first-order chi connectivity index (χ1) is 16.2. The fourth-order valence-electron chi connectivity index (χ4n) is 5.48. The van der Waals surface area contributed by atoms with Crippen molar-refractivity contribution in [2.45, 2.75) is 104 Å². The molecule has 194 valence electrons. The Labute approximate surface area is 212 Å². The Balaban J connectivity index is 2.01. The average molecular weight is 501 g/mol. The highest BCUT2D eigenvalue weighted by Gasteiger charge is 2.52. The number of esters is 1. The Bertz CT molecular complexity index is 933. The van der Waals surface area contributed by atoms with Crippen molar-refractivity contribution < 1.29 is 19.1 Å². The van der Waals surface area contributed by atoms with Gasteiger partial charge in [0.2, 0.25) is 0 Å². The summed E-state index contributed by atoms with van der Waals surface area (Å²) in [6, 6.07) is 9.91. The summed E-state index contributed by atoms with van der Waals surface area (Å²) in [5.41, 5.74) is 0.368. The van der Waals surface area contributed by atoms with Gasteiger partial charge in [-0.3, -0.25) is 0 Å². The molecule has 0 bridgehead atoms. The van der Waals surface area contributed by atoms with E-state index in [1.807, 2.05) is 51.1 Å². The van der Waals surface area contributed by atoms with Crippen LogP contribution in [0.15, 0.2) is 35.4 Å². The topological polar surface area (TPSA) is 68.2 Å². The lowest BCUT2D eigenvalue weighted by Crippen LogP contribution is -2.53. The largest absolute Gasteiger partial charge is 0.458 e. The number of benzene rings is 1. The first-order valence-electron chi connectivity index (χ1n) is 13.1. The Morgan fingerprint density at radius 2 is 1.71 bits per heavy atom. The van der Waals surface area contributed by atoms with Crippen molar-refractivity contribution in [3.05, 3.63) is 35.9 Å². The molecule has 1 aliphatic carbocycles. The van der Waals surface area contributed by atoms with Gasteiger partial charge in [-0.1, -0.05) is 77.2 Å². The summed E-state index contributed by atoms with van der Waals surface area (Å²) in [5, 5.41) is 6.11. The van der Waals surface area contributed by atoms with Crippen molar-refractivity contribution in [3.63, 3.8) is 0 Å². The van der Waals surface area contributed by atoms with Crippen LogP contribution in [0.5, 0.6) is 0 Å². The van der Waals surface area contributed by atoms with Crippen LogP contribution in [-0.2, 0) is 14.3 Å². The Kier molecular flexibility index (Phi) is 8.19. The number of hydrazone groups is 1. The zero-order valence-electron chi connectivity index (χ0n) is 23.0. The van der Waals surface area contributed by atoms with E-state index < -0.39 is 25.7 Å². The van der Waals surface area contributed by atoms with Gasteiger partial charge in [0.25, 0.3) is 0 Å². The van der Waals surface area contributed by atoms with Crippen LogP contribution in [0.1, 0.15) is 72.3 Å². The molecule has 35 heavy (non-hydrogen) atoms. The van der Waals surface area contributed by atoms with E-state index in [1.165, 1.54) is 5.01 Å². The van der Waals surface area contributed by atoms with Crippen LogP contribution < -0.4 is 0 Å². The summed E-state index contributed by atoms with van der Waals surface area (Å²) in [4.78, 5) is 27.1. The van der Waals surface area contributed by atoms with Crippen molar-refractivity contribution in [2.75, 3.05) is 0 Å². The quantitative estimate of drug-likeness (QED) is 0.336.